The molecule has 1 saturated carbocycles. The highest BCUT2D eigenvalue weighted by Crippen LogP contribution is 2.40. The number of primary amides is 1. The first-order chi connectivity index (χ1) is 23.9. The van der Waals surface area contributed by atoms with Crippen LogP contribution in [0, 0.1) is 11.8 Å². The Hall–Kier alpha value is -5.27. The number of aromatic nitrogens is 1. The van der Waals surface area contributed by atoms with Crippen LogP contribution in [0.4, 0.5) is 18.9 Å². The summed E-state index contributed by atoms with van der Waals surface area (Å²) < 4.78 is 42.2. The fourth-order valence-electron chi connectivity index (χ4n) is 5.02. The summed E-state index contributed by atoms with van der Waals surface area (Å²) in [6.45, 7) is 5.86. The number of benzene rings is 2. The number of hydrogen-bond acceptors (Lipinski definition) is 7. The summed E-state index contributed by atoms with van der Waals surface area (Å²) in [5, 5.41) is 2.65. The van der Waals surface area contributed by atoms with E-state index in [1.807, 2.05) is 30.3 Å². The van der Waals surface area contributed by atoms with Gasteiger partial charge in [0.25, 0.3) is 5.91 Å². The minimum Gasteiger partial charge on any atom is -0.416 e. The van der Waals surface area contributed by atoms with Gasteiger partial charge in [-0.05, 0) is 74.4 Å². The molecule has 270 valence electrons. The predicted molar refractivity (Wildman–Crippen MR) is 183 cm³/mol. The number of carbonyl (C=O) groups excluding carboxylic acids is 3. The molecule has 50 heavy (non-hydrogen) atoms. The molecule has 3 aromatic rings. The van der Waals surface area contributed by atoms with Crippen LogP contribution in [-0.2, 0) is 20.6 Å². The third kappa shape index (κ3) is 13.3. The summed E-state index contributed by atoms with van der Waals surface area (Å²) in [7, 11) is 0. The first kappa shape index (κ1) is 39.2. The number of anilines is 1. The summed E-state index contributed by atoms with van der Waals surface area (Å²) in [5.74, 6) is -0.245. The normalized spacial score (nSPS) is 17.8. The number of nitrogens with one attached hydrogen (secondary N) is 3. The van der Waals surface area contributed by atoms with E-state index in [1.165, 1.54) is 48.6 Å². The number of rotatable bonds is 13. The van der Waals surface area contributed by atoms with E-state index in [1.54, 1.807) is 0 Å². The lowest BCUT2D eigenvalue weighted by Crippen LogP contribution is -2.45. The number of amides is 3. The number of allylic oxidation sites excluding steroid dienone is 2. The maximum absolute atomic E-state index is 12.6. The lowest BCUT2D eigenvalue weighted by Gasteiger charge is -2.22. The Kier molecular flexibility index (Phi) is 15.4. The molecule has 0 spiro atoms. The molecule has 11 nitrogen and oxygen atoms in total. The third-order valence-corrected chi connectivity index (χ3v) is 7.84. The van der Waals surface area contributed by atoms with Crippen molar-refractivity contribution in [2.24, 2.45) is 17.6 Å². The number of nitrogens with zero attached hydrogens (tertiary/aromatic N) is 1. The van der Waals surface area contributed by atoms with Gasteiger partial charge in [-0.3, -0.25) is 19.4 Å². The number of hydrogen-bond donors (Lipinski definition) is 4. The van der Waals surface area contributed by atoms with Crippen molar-refractivity contribution in [3.05, 3.63) is 101 Å². The maximum atomic E-state index is 12.6. The molecule has 2 heterocycles. The largest absolute Gasteiger partial charge is 0.416 e. The molecule has 2 fully saturated rings. The molecule has 0 bridgehead atoms. The molecule has 3 amide bonds. The van der Waals surface area contributed by atoms with E-state index in [-0.39, 0.29) is 30.0 Å². The number of hydroxylamine groups is 1. The van der Waals surface area contributed by atoms with Crippen LogP contribution < -0.4 is 27.1 Å². The number of halogens is 3. The van der Waals surface area contributed by atoms with Gasteiger partial charge in [0.2, 0.25) is 11.8 Å². The zero-order valence-corrected chi connectivity index (χ0v) is 27.9. The molecule has 14 heteroatoms. The van der Waals surface area contributed by atoms with Crippen LogP contribution in [0.15, 0.2) is 88.8 Å². The molecule has 3 atom stereocenters. The molecule has 5 rings (SSSR count). The summed E-state index contributed by atoms with van der Waals surface area (Å²) in [4.78, 5) is 54.3. The topological polar surface area (TPSA) is 160 Å². The van der Waals surface area contributed by atoms with Crippen molar-refractivity contribution in [2.75, 3.05) is 18.4 Å². The van der Waals surface area contributed by atoms with Crippen LogP contribution >= 0.6 is 0 Å². The summed E-state index contributed by atoms with van der Waals surface area (Å²) in [6, 6.07) is 13.3. The molecule has 1 aliphatic heterocycles. The van der Waals surface area contributed by atoms with E-state index < -0.39 is 29.4 Å². The van der Waals surface area contributed by atoms with E-state index in [9.17, 15) is 32.3 Å². The maximum Gasteiger partial charge on any atom is 0.416 e. The van der Waals surface area contributed by atoms with Gasteiger partial charge >= 0.3 is 11.9 Å². The molecule has 0 radical (unpaired) electrons. The van der Waals surface area contributed by atoms with Gasteiger partial charge in [-0.1, -0.05) is 62.8 Å². The third-order valence-electron chi connectivity index (χ3n) is 7.84. The number of alkyl halides is 3. The van der Waals surface area contributed by atoms with Crippen molar-refractivity contribution in [3.8, 4) is 5.75 Å². The molecular formula is C36H44F3N5O6. The summed E-state index contributed by atoms with van der Waals surface area (Å²) >= 11 is 0. The Labute approximate surface area is 288 Å². The molecule has 5 N–H and O–H groups in total. The van der Waals surface area contributed by atoms with Crippen LogP contribution in [0.3, 0.4) is 0 Å². The number of nitrogens with two attached hydrogens (primary N) is 1. The van der Waals surface area contributed by atoms with Gasteiger partial charge in [0.1, 0.15) is 12.3 Å². The van der Waals surface area contributed by atoms with E-state index in [2.05, 4.69) is 45.9 Å². The van der Waals surface area contributed by atoms with Gasteiger partial charge in [-0.25, -0.2) is 4.79 Å². The zero-order chi connectivity index (χ0) is 36.5. The minimum atomic E-state index is -4.44. The van der Waals surface area contributed by atoms with Crippen molar-refractivity contribution in [2.45, 2.75) is 64.1 Å². The Balaban J connectivity index is 0.000000223. The Morgan fingerprint density at radius 1 is 1.14 bits per heavy atom. The number of aromatic amines is 1. The average Bonchev–Trinajstić information content (AvgIpc) is 3.47. The first-order valence-corrected chi connectivity index (χ1v) is 16.4. The predicted octanol–water partition coefficient (Wildman–Crippen LogP) is 6.07. The van der Waals surface area contributed by atoms with Gasteiger partial charge in [-0.15, -0.1) is 0 Å². The highest BCUT2D eigenvalue weighted by molar-refractivity contribution is 5.89. The van der Waals surface area contributed by atoms with Crippen LogP contribution in [0.2, 0.25) is 0 Å². The monoisotopic (exact) mass is 699 g/mol. The molecule has 3 unspecified atom stereocenters. The quantitative estimate of drug-likeness (QED) is 0.0957. The molecule has 2 aliphatic rings. The highest BCUT2D eigenvalue weighted by atomic mass is 19.4. The second-order valence-electron chi connectivity index (χ2n) is 11.7. The molecular weight excluding hydrogens is 655 g/mol. The Morgan fingerprint density at radius 2 is 1.90 bits per heavy atom. The van der Waals surface area contributed by atoms with Crippen molar-refractivity contribution >= 4 is 29.5 Å². The van der Waals surface area contributed by atoms with Gasteiger partial charge in [0.15, 0.2) is 5.75 Å². The first-order valence-electron chi connectivity index (χ1n) is 16.4. The smallest absolute Gasteiger partial charge is 0.416 e. The molecule has 1 saturated heterocycles. The second-order valence-corrected chi connectivity index (χ2v) is 11.7. The van der Waals surface area contributed by atoms with Gasteiger partial charge < -0.3 is 25.2 Å². The number of likely N-dealkylation sites (tertiary alicyclic amines) is 1. The van der Waals surface area contributed by atoms with Gasteiger partial charge in [-0.2, -0.15) is 18.7 Å². The van der Waals surface area contributed by atoms with Crippen molar-refractivity contribution in [1.29, 1.82) is 0 Å². The van der Waals surface area contributed by atoms with Crippen LogP contribution in [0.25, 0.3) is 6.08 Å². The van der Waals surface area contributed by atoms with Crippen molar-refractivity contribution in [1.82, 2.24) is 15.4 Å². The Morgan fingerprint density at radius 3 is 2.52 bits per heavy atom. The number of oxazole rings is 1. The number of carbonyl (C=O) groups is 3. The van der Waals surface area contributed by atoms with Crippen molar-refractivity contribution in [3.63, 3.8) is 0 Å². The van der Waals surface area contributed by atoms with E-state index in [0.29, 0.717) is 36.7 Å². The molecule has 2 aromatic carbocycles. The average molecular weight is 700 g/mol. The van der Waals surface area contributed by atoms with Crippen LogP contribution in [-0.4, -0.2) is 46.7 Å². The molecule has 1 aromatic heterocycles. The van der Waals surface area contributed by atoms with E-state index >= 15 is 0 Å². The summed E-state index contributed by atoms with van der Waals surface area (Å²) in [6.07, 6.45) is 9.82. The van der Waals surface area contributed by atoms with Gasteiger partial charge in [0, 0.05) is 18.2 Å². The SMILES string of the molecule is C=Cc1coc(=O)[nH]1.CCCCC/C=C\C1CC1C(=O)NOc1ccccc1.NC(=O)C1CCCN1C(=O)CNc1cccc(C(F)(F)F)c1. The fourth-order valence-corrected chi connectivity index (χ4v) is 5.02. The van der Waals surface area contributed by atoms with Crippen molar-refractivity contribution < 1.29 is 36.8 Å². The lowest BCUT2D eigenvalue weighted by molar-refractivity contribution is -0.137. The fraction of sp³-hybridized carbons (Fsp3) is 0.389. The lowest BCUT2D eigenvalue weighted by atomic mass is 10.2. The minimum absolute atomic E-state index is 0.0166. The number of H-pyrrole nitrogens is 1. The van der Waals surface area contributed by atoms with Crippen LogP contribution in [0.1, 0.15) is 63.1 Å². The number of para-hydroxylation sites is 1. The summed E-state index contributed by atoms with van der Waals surface area (Å²) in [5.41, 5.74) is 7.76. The standard InChI is InChI=1S/C17H23NO2.C14H16F3N3O2.C5H5NO2/c1-2-3-4-5-7-10-14-13-16(14)17(19)18-20-15-11-8-6-9-12-15;15-14(16,17)9-3-1-4-10(7-9)19-8-12(21)20-6-2-5-11(20)13(18)22;1-2-4-3-8-5(7)6-4/h6-12,14,16H,2-5,13H2,1H3,(H,18,19);1,3-4,7,11,19H,2,5-6,8H2,(H2,18,22);2-3H,1H2,(H,6,7)/b10-7-;;. The second kappa shape index (κ2) is 19.7. The van der Waals surface area contributed by atoms with Crippen LogP contribution in [0.5, 0.6) is 5.75 Å². The highest BCUT2D eigenvalue weighted by Gasteiger charge is 2.41. The van der Waals surface area contributed by atoms with E-state index in [0.717, 1.165) is 25.0 Å². The van der Waals surface area contributed by atoms with E-state index in [4.69, 9.17) is 10.6 Å². The molecule has 1 aliphatic carbocycles. The Bertz CT molecular complexity index is 1620. The number of unbranched alkanes of at least 4 members (excludes halogenated alkanes) is 3. The zero-order valence-electron chi connectivity index (χ0n) is 27.9. The van der Waals surface area contributed by atoms with Gasteiger partial charge in [0.05, 0.1) is 17.8 Å².